The van der Waals surface area contributed by atoms with E-state index in [4.69, 9.17) is 18.9 Å². The van der Waals surface area contributed by atoms with Crippen LogP contribution in [0.15, 0.2) is 42.5 Å². The van der Waals surface area contributed by atoms with E-state index in [0.717, 1.165) is 11.1 Å². The molecule has 1 fully saturated rings. The summed E-state index contributed by atoms with van der Waals surface area (Å²) in [4.78, 5) is 24.7. The number of ketones is 1. The number of ether oxygens (including phenoxy) is 4. The largest absolute Gasteiger partial charge is 0.484 e. The molecule has 0 bridgehead atoms. The van der Waals surface area contributed by atoms with E-state index in [9.17, 15) is 9.59 Å². The fourth-order valence-electron chi connectivity index (χ4n) is 4.58. The molecule has 4 atom stereocenters. The minimum atomic E-state index is -0.723. The third kappa shape index (κ3) is 2.82. The SMILES string of the molecule is CC(=O)O[C@@H]1[C@H]2c3c(ccc4c3O[C@@H](c3ccccc3)CC4=O)O[C@H]2OC1(C)C. The molecular weight excluding hydrogens is 372 g/mol. The van der Waals surface area contributed by atoms with Crippen LogP contribution in [-0.2, 0) is 14.3 Å². The zero-order valence-electron chi connectivity index (χ0n) is 16.5. The summed E-state index contributed by atoms with van der Waals surface area (Å²) in [6.07, 6.45) is -1.23. The molecule has 3 aliphatic rings. The molecule has 0 radical (unpaired) electrons. The Labute approximate surface area is 168 Å². The van der Waals surface area contributed by atoms with Gasteiger partial charge in [-0.15, -0.1) is 0 Å². The van der Waals surface area contributed by atoms with Crippen LogP contribution in [-0.4, -0.2) is 29.7 Å². The van der Waals surface area contributed by atoms with Crippen molar-refractivity contribution in [3.63, 3.8) is 0 Å². The van der Waals surface area contributed by atoms with Gasteiger partial charge in [-0.05, 0) is 31.5 Å². The van der Waals surface area contributed by atoms with Crippen molar-refractivity contribution in [2.45, 2.75) is 57.2 Å². The Morgan fingerprint density at radius 3 is 2.59 bits per heavy atom. The van der Waals surface area contributed by atoms with Crippen molar-refractivity contribution in [3.8, 4) is 11.5 Å². The number of esters is 1. The van der Waals surface area contributed by atoms with Crippen LogP contribution in [0.25, 0.3) is 0 Å². The predicted molar refractivity (Wildman–Crippen MR) is 103 cm³/mol. The van der Waals surface area contributed by atoms with Gasteiger partial charge in [-0.2, -0.15) is 0 Å². The maximum Gasteiger partial charge on any atom is 0.303 e. The summed E-state index contributed by atoms with van der Waals surface area (Å²) in [5.74, 6) is 0.394. The minimum Gasteiger partial charge on any atom is -0.484 e. The van der Waals surface area contributed by atoms with Gasteiger partial charge < -0.3 is 18.9 Å². The molecule has 3 heterocycles. The second-order valence-corrected chi connectivity index (χ2v) is 8.26. The second-order valence-electron chi connectivity index (χ2n) is 8.26. The molecular formula is C23H22O6. The van der Waals surface area contributed by atoms with Crippen molar-refractivity contribution in [3.05, 3.63) is 59.2 Å². The zero-order valence-corrected chi connectivity index (χ0v) is 16.5. The molecule has 6 nitrogen and oxygen atoms in total. The number of carbonyl (C=O) groups is 2. The lowest BCUT2D eigenvalue weighted by molar-refractivity contribution is -0.159. The first-order chi connectivity index (χ1) is 13.8. The van der Waals surface area contributed by atoms with Crippen LogP contribution in [0.2, 0.25) is 0 Å². The van der Waals surface area contributed by atoms with Crippen LogP contribution < -0.4 is 9.47 Å². The number of carbonyl (C=O) groups excluding carboxylic acids is 2. The van der Waals surface area contributed by atoms with E-state index in [-0.39, 0.29) is 30.2 Å². The third-order valence-corrected chi connectivity index (χ3v) is 5.85. The first-order valence-corrected chi connectivity index (χ1v) is 9.78. The van der Waals surface area contributed by atoms with Gasteiger partial charge in [-0.25, -0.2) is 0 Å². The van der Waals surface area contributed by atoms with Crippen LogP contribution in [0, 0.1) is 0 Å². The Hall–Kier alpha value is -2.86. The lowest BCUT2D eigenvalue weighted by Gasteiger charge is -2.31. The number of hydrogen-bond donors (Lipinski definition) is 0. The van der Waals surface area contributed by atoms with Crippen LogP contribution in [0.3, 0.4) is 0 Å². The summed E-state index contributed by atoms with van der Waals surface area (Å²) >= 11 is 0. The highest BCUT2D eigenvalue weighted by molar-refractivity contribution is 6.01. The Morgan fingerprint density at radius 1 is 1.10 bits per heavy atom. The average Bonchev–Trinajstić information content (AvgIpc) is 3.14. The van der Waals surface area contributed by atoms with Gasteiger partial charge in [-0.3, -0.25) is 9.59 Å². The highest BCUT2D eigenvalue weighted by Gasteiger charge is 2.59. The van der Waals surface area contributed by atoms with Gasteiger partial charge in [0, 0.05) is 6.92 Å². The van der Waals surface area contributed by atoms with Crippen molar-refractivity contribution in [1.82, 2.24) is 0 Å². The normalized spacial score (nSPS) is 28.6. The summed E-state index contributed by atoms with van der Waals surface area (Å²) in [6.45, 7) is 5.12. The highest BCUT2D eigenvalue weighted by atomic mass is 16.7. The van der Waals surface area contributed by atoms with Crippen molar-refractivity contribution >= 4 is 11.8 Å². The third-order valence-electron chi connectivity index (χ3n) is 5.85. The lowest BCUT2D eigenvalue weighted by Crippen LogP contribution is -2.38. The van der Waals surface area contributed by atoms with Crippen LogP contribution >= 0.6 is 0 Å². The fraction of sp³-hybridized carbons (Fsp3) is 0.391. The van der Waals surface area contributed by atoms with Gasteiger partial charge in [-0.1, -0.05) is 30.3 Å². The first-order valence-electron chi connectivity index (χ1n) is 9.78. The Kier molecular flexibility index (Phi) is 3.96. The predicted octanol–water partition coefficient (Wildman–Crippen LogP) is 3.94. The Bertz CT molecular complexity index is 996. The molecule has 0 unspecified atom stereocenters. The van der Waals surface area contributed by atoms with Gasteiger partial charge in [0.1, 0.15) is 29.3 Å². The smallest absolute Gasteiger partial charge is 0.303 e. The number of benzene rings is 2. The number of Topliss-reactive ketones (excluding diaryl/α,β-unsaturated/α-hetero) is 1. The van der Waals surface area contributed by atoms with Gasteiger partial charge in [0.25, 0.3) is 0 Å². The lowest BCUT2D eigenvalue weighted by atomic mass is 9.85. The summed E-state index contributed by atoms with van der Waals surface area (Å²) in [5, 5.41) is 0. The van der Waals surface area contributed by atoms with E-state index in [1.54, 1.807) is 12.1 Å². The molecule has 0 N–H and O–H groups in total. The second kappa shape index (κ2) is 6.32. The van der Waals surface area contributed by atoms with Crippen LogP contribution in [0.5, 0.6) is 11.5 Å². The van der Waals surface area contributed by atoms with Crippen molar-refractivity contribution in [2.75, 3.05) is 0 Å². The maximum atomic E-state index is 12.9. The highest BCUT2D eigenvalue weighted by Crippen LogP contribution is 2.56. The fourth-order valence-corrected chi connectivity index (χ4v) is 4.58. The quantitative estimate of drug-likeness (QED) is 0.719. The number of hydrogen-bond acceptors (Lipinski definition) is 6. The summed E-state index contributed by atoms with van der Waals surface area (Å²) in [7, 11) is 0. The van der Waals surface area contributed by atoms with E-state index in [1.807, 2.05) is 44.2 Å². The van der Waals surface area contributed by atoms with E-state index < -0.39 is 18.0 Å². The molecule has 29 heavy (non-hydrogen) atoms. The average molecular weight is 394 g/mol. The van der Waals surface area contributed by atoms with Gasteiger partial charge in [0.15, 0.2) is 5.78 Å². The molecule has 3 aliphatic heterocycles. The van der Waals surface area contributed by atoms with Crippen molar-refractivity contribution in [1.29, 1.82) is 0 Å². The molecule has 5 rings (SSSR count). The Morgan fingerprint density at radius 2 is 1.86 bits per heavy atom. The monoisotopic (exact) mass is 394 g/mol. The summed E-state index contributed by atoms with van der Waals surface area (Å²) in [5.41, 5.74) is 1.50. The Balaban J connectivity index is 1.60. The van der Waals surface area contributed by atoms with E-state index in [0.29, 0.717) is 17.1 Å². The summed E-state index contributed by atoms with van der Waals surface area (Å²) < 4.78 is 24.1. The number of rotatable bonds is 2. The molecule has 1 saturated heterocycles. The molecule has 0 spiro atoms. The zero-order chi connectivity index (χ0) is 20.3. The maximum absolute atomic E-state index is 12.9. The number of fused-ring (bicyclic) bond motifs is 5. The van der Waals surface area contributed by atoms with Crippen LogP contribution in [0.1, 0.15) is 60.7 Å². The first kappa shape index (κ1) is 18.2. The van der Waals surface area contributed by atoms with Crippen LogP contribution in [0.4, 0.5) is 0 Å². The molecule has 0 amide bonds. The summed E-state index contributed by atoms with van der Waals surface area (Å²) in [6, 6.07) is 13.2. The van der Waals surface area contributed by atoms with Crippen molar-refractivity contribution in [2.24, 2.45) is 0 Å². The van der Waals surface area contributed by atoms with E-state index >= 15 is 0 Å². The van der Waals surface area contributed by atoms with Gasteiger partial charge >= 0.3 is 5.97 Å². The molecule has 2 aromatic rings. The standard InChI is InChI=1S/C23H22O6/c1-12(24)26-21-19-18-16(28-22(19)29-23(21,2)3)10-9-14-15(25)11-17(27-20(14)18)13-7-5-4-6-8-13/h4-10,17,19,21-22H,11H2,1-3H3/t17-,19-,21-,22+/m1/s1. The van der Waals surface area contributed by atoms with Crippen molar-refractivity contribution < 1.29 is 28.5 Å². The molecule has 2 aromatic carbocycles. The molecule has 0 aromatic heterocycles. The molecule has 150 valence electrons. The van der Waals surface area contributed by atoms with E-state index in [2.05, 4.69) is 0 Å². The van der Waals surface area contributed by atoms with E-state index in [1.165, 1.54) is 6.92 Å². The topological polar surface area (TPSA) is 71.1 Å². The molecule has 6 heteroatoms. The molecule has 0 aliphatic carbocycles. The minimum absolute atomic E-state index is 0.0218. The van der Waals surface area contributed by atoms with Gasteiger partial charge in [0.2, 0.25) is 6.29 Å². The molecule has 0 saturated carbocycles. The van der Waals surface area contributed by atoms with Gasteiger partial charge in [0.05, 0.1) is 23.5 Å².